The number of nitro benzene ring substituents is 1. The summed E-state index contributed by atoms with van der Waals surface area (Å²) in [5.41, 5.74) is 2.97. The number of nitrogens with zero attached hydrogens (tertiary/aromatic N) is 4. The lowest BCUT2D eigenvalue weighted by molar-refractivity contribution is -0.384. The average Bonchev–Trinajstić information content (AvgIpc) is 3.03. The van der Waals surface area contributed by atoms with Crippen molar-refractivity contribution in [2.45, 2.75) is 39.3 Å². The monoisotopic (exact) mass is 371 g/mol. The van der Waals surface area contributed by atoms with Crippen LogP contribution in [-0.4, -0.2) is 45.3 Å². The molecule has 1 atom stereocenters. The summed E-state index contributed by atoms with van der Waals surface area (Å²) in [5.74, 6) is 0.848. The topological polar surface area (TPSA) is 76.2 Å². The Morgan fingerprint density at radius 3 is 2.59 bits per heavy atom. The highest BCUT2D eigenvalue weighted by Crippen LogP contribution is 2.24. The number of hydrogen-bond acceptors (Lipinski definition) is 5. The van der Waals surface area contributed by atoms with Crippen molar-refractivity contribution in [3.8, 4) is 11.3 Å². The van der Waals surface area contributed by atoms with Gasteiger partial charge in [0.25, 0.3) is 5.69 Å². The molecule has 7 heteroatoms. The van der Waals surface area contributed by atoms with Gasteiger partial charge in [-0.2, -0.15) is 5.10 Å². The molecule has 0 amide bonds. The average molecular weight is 371 g/mol. The molecule has 2 aromatic rings. The van der Waals surface area contributed by atoms with Gasteiger partial charge < -0.3 is 5.32 Å². The minimum Gasteiger partial charge on any atom is -0.311 e. The van der Waals surface area contributed by atoms with Crippen LogP contribution >= 0.6 is 0 Å². The van der Waals surface area contributed by atoms with Crippen LogP contribution in [0, 0.1) is 16.0 Å². The molecule has 2 heterocycles. The van der Waals surface area contributed by atoms with Gasteiger partial charge in [0.1, 0.15) is 0 Å². The molecule has 7 nitrogen and oxygen atoms in total. The fraction of sp³-hybridized carbons (Fsp3) is 0.550. The fourth-order valence-corrected chi connectivity index (χ4v) is 3.67. The van der Waals surface area contributed by atoms with E-state index in [1.54, 1.807) is 16.8 Å². The predicted octanol–water partition coefficient (Wildman–Crippen LogP) is 3.21. The Hall–Kier alpha value is -2.25. The first-order valence-corrected chi connectivity index (χ1v) is 9.66. The van der Waals surface area contributed by atoms with Gasteiger partial charge in [0.05, 0.1) is 10.6 Å². The van der Waals surface area contributed by atoms with E-state index in [1.807, 2.05) is 13.2 Å². The number of hydrogen-bond donors (Lipinski definition) is 1. The first-order chi connectivity index (χ1) is 12.9. The maximum Gasteiger partial charge on any atom is 0.269 e. The predicted molar refractivity (Wildman–Crippen MR) is 106 cm³/mol. The Balaban J connectivity index is 1.60. The van der Waals surface area contributed by atoms with E-state index in [9.17, 15) is 10.1 Å². The van der Waals surface area contributed by atoms with E-state index in [2.05, 4.69) is 29.2 Å². The van der Waals surface area contributed by atoms with Crippen LogP contribution in [0.3, 0.4) is 0 Å². The first kappa shape index (κ1) is 19.5. The van der Waals surface area contributed by atoms with Gasteiger partial charge in [-0.1, -0.05) is 6.92 Å². The zero-order chi connectivity index (χ0) is 19.4. The highest BCUT2D eigenvalue weighted by molar-refractivity contribution is 5.64. The van der Waals surface area contributed by atoms with Crippen LogP contribution in [-0.2, 0) is 13.6 Å². The highest BCUT2D eigenvalue weighted by atomic mass is 16.6. The van der Waals surface area contributed by atoms with Gasteiger partial charge in [-0.25, -0.2) is 0 Å². The van der Waals surface area contributed by atoms with Crippen LogP contribution in [0.2, 0.25) is 0 Å². The lowest BCUT2D eigenvalue weighted by Crippen LogP contribution is -2.44. The van der Waals surface area contributed by atoms with Crippen molar-refractivity contribution in [2.24, 2.45) is 13.0 Å². The van der Waals surface area contributed by atoms with E-state index in [4.69, 9.17) is 0 Å². The highest BCUT2D eigenvalue weighted by Gasteiger charge is 2.20. The number of benzene rings is 1. The zero-order valence-corrected chi connectivity index (χ0v) is 16.4. The van der Waals surface area contributed by atoms with E-state index >= 15 is 0 Å². The maximum atomic E-state index is 10.8. The third kappa shape index (κ3) is 4.93. The SMILES string of the molecule is CC1CCN(C(C)CNCc2cn(C)nc2-c2ccc([N+](=O)[O-])cc2)CC1. The summed E-state index contributed by atoms with van der Waals surface area (Å²) in [7, 11) is 1.90. The second kappa shape index (κ2) is 8.63. The minimum absolute atomic E-state index is 0.0963. The van der Waals surface area contributed by atoms with E-state index in [1.165, 1.54) is 38.1 Å². The molecule has 1 aliphatic rings. The molecule has 1 unspecified atom stereocenters. The van der Waals surface area contributed by atoms with Crippen LogP contribution < -0.4 is 5.32 Å². The van der Waals surface area contributed by atoms with E-state index < -0.39 is 0 Å². The van der Waals surface area contributed by atoms with Gasteiger partial charge in [0, 0.05) is 55.6 Å². The number of rotatable bonds is 7. The van der Waals surface area contributed by atoms with Gasteiger partial charge in [-0.3, -0.25) is 19.7 Å². The lowest BCUT2D eigenvalue weighted by atomic mass is 9.98. The summed E-state index contributed by atoms with van der Waals surface area (Å²) in [6.45, 7) is 8.65. The van der Waals surface area contributed by atoms with Crippen molar-refractivity contribution < 1.29 is 4.92 Å². The minimum atomic E-state index is -0.382. The second-order valence-electron chi connectivity index (χ2n) is 7.68. The summed E-state index contributed by atoms with van der Waals surface area (Å²) >= 11 is 0. The second-order valence-corrected chi connectivity index (χ2v) is 7.68. The largest absolute Gasteiger partial charge is 0.311 e. The van der Waals surface area contributed by atoms with E-state index in [-0.39, 0.29) is 10.6 Å². The number of aryl methyl sites for hydroxylation is 1. The third-order valence-electron chi connectivity index (χ3n) is 5.45. The summed E-state index contributed by atoms with van der Waals surface area (Å²) in [6.07, 6.45) is 4.59. The Labute approximate surface area is 160 Å². The van der Waals surface area contributed by atoms with Crippen molar-refractivity contribution in [1.29, 1.82) is 0 Å². The van der Waals surface area contributed by atoms with E-state index in [0.717, 1.165) is 35.8 Å². The maximum absolute atomic E-state index is 10.8. The summed E-state index contributed by atoms with van der Waals surface area (Å²) < 4.78 is 1.79. The van der Waals surface area contributed by atoms with Gasteiger partial charge in [0.2, 0.25) is 0 Å². The molecule has 1 saturated heterocycles. The molecule has 0 saturated carbocycles. The molecule has 3 rings (SSSR count). The molecular weight excluding hydrogens is 342 g/mol. The van der Waals surface area contributed by atoms with Crippen molar-refractivity contribution in [2.75, 3.05) is 19.6 Å². The first-order valence-electron chi connectivity index (χ1n) is 9.66. The van der Waals surface area contributed by atoms with Gasteiger partial charge in [-0.15, -0.1) is 0 Å². The van der Waals surface area contributed by atoms with E-state index in [0.29, 0.717) is 6.04 Å². The fourth-order valence-electron chi connectivity index (χ4n) is 3.67. The normalized spacial score (nSPS) is 17.1. The number of piperidine rings is 1. The summed E-state index contributed by atoms with van der Waals surface area (Å²) in [6, 6.07) is 7.10. The number of likely N-dealkylation sites (tertiary alicyclic amines) is 1. The van der Waals surface area contributed by atoms with Gasteiger partial charge >= 0.3 is 0 Å². The molecule has 146 valence electrons. The molecule has 1 fully saturated rings. The number of nitrogens with one attached hydrogen (secondary N) is 1. The number of aromatic nitrogens is 2. The summed E-state index contributed by atoms with van der Waals surface area (Å²) in [4.78, 5) is 13.0. The van der Waals surface area contributed by atoms with Crippen LogP contribution in [0.4, 0.5) is 5.69 Å². The standard InChI is InChI=1S/C20H29N5O2/c1-15-8-10-24(11-9-15)16(2)12-21-13-18-14-23(3)22-20(18)17-4-6-19(7-5-17)25(26)27/h4-7,14-16,21H,8-13H2,1-3H3. The molecule has 0 radical (unpaired) electrons. The Morgan fingerprint density at radius 1 is 1.30 bits per heavy atom. The number of nitro groups is 1. The Morgan fingerprint density at radius 2 is 1.96 bits per heavy atom. The molecule has 1 aromatic heterocycles. The Bertz CT molecular complexity index is 763. The van der Waals surface area contributed by atoms with Gasteiger partial charge in [-0.05, 0) is 50.9 Å². The van der Waals surface area contributed by atoms with Crippen LogP contribution in [0.15, 0.2) is 30.5 Å². The summed E-state index contributed by atoms with van der Waals surface area (Å²) in [5, 5.41) is 19.0. The quantitative estimate of drug-likeness (QED) is 0.597. The van der Waals surface area contributed by atoms with Crippen molar-refractivity contribution >= 4 is 5.69 Å². The Kier molecular flexibility index (Phi) is 6.23. The molecular formula is C20H29N5O2. The molecule has 0 spiro atoms. The van der Waals surface area contributed by atoms with Crippen molar-refractivity contribution in [1.82, 2.24) is 20.0 Å². The molecule has 0 aliphatic carbocycles. The van der Waals surface area contributed by atoms with Crippen LogP contribution in [0.5, 0.6) is 0 Å². The smallest absolute Gasteiger partial charge is 0.269 e. The zero-order valence-electron chi connectivity index (χ0n) is 16.4. The van der Waals surface area contributed by atoms with Crippen LogP contribution in [0.1, 0.15) is 32.3 Å². The molecule has 1 N–H and O–H groups in total. The molecule has 1 aromatic carbocycles. The lowest BCUT2D eigenvalue weighted by Gasteiger charge is -2.35. The molecule has 0 bridgehead atoms. The molecule has 1 aliphatic heterocycles. The third-order valence-corrected chi connectivity index (χ3v) is 5.45. The van der Waals surface area contributed by atoms with Gasteiger partial charge in [0.15, 0.2) is 0 Å². The number of non-ortho nitro benzene ring substituents is 1. The molecule has 27 heavy (non-hydrogen) atoms. The van der Waals surface area contributed by atoms with Crippen molar-refractivity contribution in [3.05, 3.63) is 46.1 Å². The van der Waals surface area contributed by atoms with Crippen molar-refractivity contribution in [3.63, 3.8) is 0 Å². The van der Waals surface area contributed by atoms with Crippen LogP contribution in [0.25, 0.3) is 11.3 Å².